The molecule has 5 nitrogen and oxygen atoms in total. The Labute approximate surface area is 183 Å². The fraction of sp³-hybridized carbons (Fsp3) is 0.231. The smallest absolute Gasteiger partial charge is 0.203 e. The molecule has 1 N–H and O–H groups in total. The molecule has 0 radical (unpaired) electrons. The molecule has 3 aromatic carbocycles. The molecule has 0 atom stereocenters. The van der Waals surface area contributed by atoms with E-state index in [4.69, 9.17) is 18.9 Å². The van der Waals surface area contributed by atoms with E-state index in [1.54, 1.807) is 33.5 Å². The van der Waals surface area contributed by atoms with Crippen molar-refractivity contribution < 1.29 is 24.1 Å². The zero-order valence-corrected chi connectivity index (χ0v) is 18.6. The number of ether oxygens (including phenoxy) is 4. The van der Waals surface area contributed by atoms with Crippen LogP contribution < -0.4 is 18.9 Å². The second kappa shape index (κ2) is 9.94. The summed E-state index contributed by atoms with van der Waals surface area (Å²) in [6.07, 6.45) is 0.743. The molecule has 0 amide bonds. The molecule has 0 aliphatic rings. The minimum atomic E-state index is 0.100. The molecule has 0 aromatic heterocycles. The SMILES string of the molecule is CC/C(=C(/c1ccccc1)c1cc(OC)c(OC)c(OC)c1)c1ccc(OC)c(O)c1. The summed E-state index contributed by atoms with van der Waals surface area (Å²) in [6.45, 7) is 2.09. The predicted molar refractivity (Wildman–Crippen MR) is 123 cm³/mol. The summed E-state index contributed by atoms with van der Waals surface area (Å²) in [4.78, 5) is 0. The second-order valence-corrected chi connectivity index (χ2v) is 6.87. The molecule has 3 aromatic rings. The van der Waals surface area contributed by atoms with Gasteiger partial charge in [-0.2, -0.15) is 0 Å². The Balaban J connectivity index is 2.35. The van der Waals surface area contributed by atoms with E-state index in [2.05, 4.69) is 19.1 Å². The molecule has 0 aliphatic heterocycles. The maximum Gasteiger partial charge on any atom is 0.203 e. The molecule has 0 saturated heterocycles. The highest BCUT2D eigenvalue weighted by Gasteiger charge is 2.19. The average Bonchev–Trinajstić information content (AvgIpc) is 2.81. The number of rotatable bonds is 8. The van der Waals surface area contributed by atoms with E-state index in [0.29, 0.717) is 23.0 Å². The molecule has 31 heavy (non-hydrogen) atoms. The van der Waals surface area contributed by atoms with Crippen LogP contribution in [-0.4, -0.2) is 33.5 Å². The number of phenols is 1. The van der Waals surface area contributed by atoms with Crippen molar-refractivity contribution in [1.82, 2.24) is 0 Å². The maximum atomic E-state index is 10.4. The van der Waals surface area contributed by atoms with E-state index in [1.807, 2.05) is 36.4 Å². The van der Waals surface area contributed by atoms with Gasteiger partial charge in [-0.3, -0.25) is 0 Å². The maximum absolute atomic E-state index is 10.4. The zero-order valence-electron chi connectivity index (χ0n) is 18.6. The molecular weight excluding hydrogens is 392 g/mol. The molecule has 5 heteroatoms. The van der Waals surface area contributed by atoms with Crippen LogP contribution in [0.5, 0.6) is 28.7 Å². The standard InChI is InChI=1S/C26H28O5/c1-6-20(18-12-13-22(28-2)21(27)14-18)25(17-10-8-7-9-11-17)19-15-23(29-3)26(31-5)24(16-19)30-4/h7-16,27H,6H2,1-5H3/b25-20+. The first-order chi connectivity index (χ1) is 15.1. The summed E-state index contributed by atoms with van der Waals surface area (Å²) >= 11 is 0. The van der Waals surface area contributed by atoms with Crippen molar-refractivity contribution in [3.05, 3.63) is 77.4 Å². The molecule has 0 heterocycles. The molecule has 3 rings (SSSR count). The molecule has 162 valence electrons. The fourth-order valence-corrected chi connectivity index (χ4v) is 3.75. The first-order valence-electron chi connectivity index (χ1n) is 10.0. The Hall–Kier alpha value is -3.60. The van der Waals surface area contributed by atoms with Gasteiger partial charge in [0.25, 0.3) is 0 Å². The van der Waals surface area contributed by atoms with Crippen molar-refractivity contribution in [2.45, 2.75) is 13.3 Å². The molecule has 0 saturated carbocycles. The highest BCUT2D eigenvalue weighted by molar-refractivity contribution is 5.99. The van der Waals surface area contributed by atoms with Crippen molar-refractivity contribution in [1.29, 1.82) is 0 Å². The van der Waals surface area contributed by atoms with Crippen molar-refractivity contribution in [3.8, 4) is 28.7 Å². The highest BCUT2D eigenvalue weighted by Crippen LogP contribution is 2.44. The lowest BCUT2D eigenvalue weighted by molar-refractivity contribution is 0.324. The van der Waals surface area contributed by atoms with Crippen LogP contribution in [0.2, 0.25) is 0 Å². The Morgan fingerprint density at radius 3 is 1.77 bits per heavy atom. The van der Waals surface area contributed by atoms with E-state index in [1.165, 1.54) is 7.11 Å². The van der Waals surface area contributed by atoms with Crippen molar-refractivity contribution in [2.75, 3.05) is 28.4 Å². The van der Waals surface area contributed by atoms with Gasteiger partial charge in [-0.05, 0) is 58.5 Å². The van der Waals surface area contributed by atoms with Gasteiger partial charge in [-0.25, -0.2) is 0 Å². The van der Waals surface area contributed by atoms with Gasteiger partial charge >= 0.3 is 0 Å². The molecule has 0 fully saturated rings. The summed E-state index contributed by atoms with van der Waals surface area (Å²) < 4.78 is 21.9. The first-order valence-corrected chi connectivity index (χ1v) is 10.0. The third-order valence-electron chi connectivity index (χ3n) is 5.20. The van der Waals surface area contributed by atoms with Crippen molar-refractivity contribution >= 4 is 11.1 Å². The molecular formula is C26H28O5. The normalized spacial score (nSPS) is 11.5. The summed E-state index contributed by atoms with van der Waals surface area (Å²) in [5, 5.41) is 10.4. The van der Waals surface area contributed by atoms with Crippen molar-refractivity contribution in [3.63, 3.8) is 0 Å². The van der Waals surface area contributed by atoms with E-state index in [-0.39, 0.29) is 5.75 Å². The van der Waals surface area contributed by atoms with Gasteiger partial charge in [0, 0.05) is 0 Å². The van der Waals surface area contributed by atoms with E-state index < -0.39 is 0 Å². The number of phenolic OH excluding ortho intramolecular Hbond substituents is 1. The quantitative estimate of drug-likeness (QED) is 0.467. The van der Waals surface area contributed by atoms with Gasteiger partial charge in [0.15, 0.2) is 23.0 Å². The van der Waals surface area contributed by atoms with E-state index >= 15 is 0 Å². The number of allylic oxidation sites excluding steroid dienone is 1. The minimum absolute atomic E-state index is 0.100. The number of hydrogen-bond donors (Lipinski definition) is 1. The lowest BCUT2D eigenvalue weighted by atomic mass is 9.88. The van der Waals surface area contributed by atoms with Gasteiger partial charge < -0.3 is 24.1 Å². The number of aromatic hydroxyl groups is 1. The van der Waals surface area contributed by atoms with Crippen LogP contribution in [0.15, 0.2) is 60.7 Å². The lowest BCUT2D eigenvalue weighted by Crippen LogP contribution is -2.00. The van der Waals surface area contributed by atoms with Crippen LogP contribution in [0.3, 0.4) is 0 Å². The van der Waals surface area contributed by atoms with Crippen LogP contribution in [0.1, 0.15) is 30.0 Å². The molecule has 0 spiro atoms. The molecule has 0 unspecified atom stereocenters. The summed E-state index contributed by atoms with van der Waals surface area (Å²) in [5.74, 6) is 2.24. The lowest BCUT2D eigenvalue weighted by Gasteiger charge is -2.20. The largest absolute Gasteiger partial charge is 0.504 e. The highest BCUT2D eigenvalue weighted by atomic mass is 16.5. The zero-order chi connectivity index (χ0) is 22.4. The summed E-state index contributed by atoms with van der Waals surface area (Å²) in [7, 11) is 6.34. The van der Waals surface area contributed by atoms with Crippen LogP contribution in [0, 0.1) is 0 Å². The Kier molecular flexibility index (Phi) is 7.08. The van der Waals surface area contributed by atoms with Gasteiger partial charge in [0.05, 0.1) is 28.4 Å². The average molecular weight is 421 g/mol. The van der Waals surface area contributed by atoms with Crippen LogP contribution in [0.4, 0.5) is 0 Å². The second-order valence-electron chi connectivity index (χ2n) is 6.87. The Bertz CT molecular complexity index is 1050. The Morgan fingerprint density at radius 2 is 1.29 bits per heavy atom. The van der Waals surface area contributed by atoms with Crippen LogP contribution in [0.25, 0.3) is 11.1 Å². The predicted octanol–water partition coefficient (Wildman–Crippen LogP) is 5.80. The monoisotopic (exact) mass is 420 g/mol. The van der Waals surface area contributed by atoms with E-state index in [0.717, 1.165) is 34.3 Å². The van der Waals surface area contributed by atoms with Gasteiger partial charge in [0.1, 0.15) is 0 Å². The molecule has 0 bridgehead atoms. The third kappa shape index (κ3) is 4.45. The van der Waals surface area contributed by atoms with Crippen LogP contribution >= 0.6 is 0 Å². The fourth-order valence-electron chi connectivity index (χ4n) is 3.75. The number of benzene rings is 3. The number of hydrogen-bond acceptors (Lipinski definition) is 5. The first kappa shape index (κ1) is 22.1. The van der Waals surface area contributed by atoms with Gasteiger partial charge in [0.2, 0.25) is 5.75 Å². The summed E-state index contributed by atoms with van der Waals surface area (Å²) in [5.41, 5.74) is 4.97. The minimum Gasteiger partial charge on any atom is -0.504 e. The van der Waals surface area contributed by atoms with E-state index in [9.17, 15) is 5.11 Å². The van der Waals surface area contributed by atoms with Gasteiger partial charge in [-0.15, -0.1) is 0 Å². The summed E-state index contributed by atoms with van der Waals surface area (Å²) in [6, 6.07) is 19.5. The Morgan fingerprint density at radius 1 is 0.677 bits per heavy atom. The molecule has 0 aliphatic carbocycles. The number of methoxy groups -OCH3 is 4. The topological polar surface area (TPSA) is 57.2 Å². The van der Waals surface area contributed by atoms with Crippen LogP contribution in [-0.2, 0) is 0 Å². The van der Waals surface area contributed by atoms with Crippen molar-refractivity contribution in [2.24, 2.45) is 0 Å². The third-order valence-corrected chi connectivity index (χ3v) is 5.20. The van der Waals surface area contributed by atoms with Gasteiger partial charge in [-0.1, -0.05) is 43.3 Å².